The van der Waals surface area contributed by atoms with Crippen molar-refractivity contribution in [1.82, 2.24) is 4.90 Å². The van der Waals surface area contributed by atoms with E-state index in [4.69, 9.17) is 4.74 Å². The first-order valence-corrected chi connectivity index (χ1v) is 17.3. The van der Waals surface area contributed by atoms with Gasteiger partial charge in [-0.15, -0.1) is 0 Å². The van der Waals surface area contributed by atoms with Crippen LogP contribution in [-0.2, 0) is 6.42 Å². The fraction of sp³-hybridized carbons (Fsp3) is 0.475. The number of β-amino-alcohol motifs (C(OH)–C–C–N with tert-alkyl or cyclic N) is 1. The topological polar surface area (TPSA) is 73.2 Å². The number of ether oxygens (including phenoxy) is 1. The van der Waals surface area contributed by atoms with Crippen LogP contribution in [0.2, 0.25) is 0 Å². The molecule has 0 aromatic heterocycles. The minimum absolute atomic E-state index is 0.0791. The Morgan fingerprint density at radius 1 is 0.979 bits per heavy atom. The molecule has 2 N–H and O–H groups in total. The molecule has 48 heavy (non-hydrogen) atoms. The summed E-state index contributed by atoms with van der Waals surface area (Å²) in [5.41, 5.74) is 2.87. The quantitative estimate of drug-likeness (QED) is 0.218. The lowest BCUT2D eigenvalue weighted by Crippen LogP contribution is -2.56. The molecule has 4 aliphatic rings. The van der Waals surface area contributed by atoms with E-state index in [0.29, 0.717) is 37.8 Å². The first-order valence-electron chi connectivity index (χ1n) is 17.3. The fourth-order valence-electron chi connectivity index (χ4n) is 8.40. The van der Waals surface area contributed by atoms with Gasteiger partial charge < -0.3 is 19.8 Å². The molecule has 1 aliphatic heterocycles. The van der Waals surface area contributed by atoms with E-state index in [0.717, 1.165) is 80.1 Å². The number of anilines is 1. The molecule has 0 radical (unpaired) electrons. The van der Waals surface area contributed by atoms with Crippen molar-refractivity contribution in [2.45, 2.75) is 76.4 Å². The number of benzene rings is 3. The summed E-state index contributed by atoms with van der Waals surface area (Å²) in [5.74, 6) is -1.73. The summed E-state index contributed by atoms with van der Waals surface area (Å²) < 4.78 is 33.8. The number of rotatable bonds is 6. The van der Waals surface area contributed by atoms with Gasteiger partial charge >= 0.3 is 0 Å². The van der Waals surface area contributed by atoms with Gasteiger partial charge in [-0.25, -0.2) is 8.78 Å². The first-order chi connectivity index (χ1) is 23.0. The van der Waals surface area contributed by atoms with Crippen molar-refractivity contribution in [2.24, 2.45) is 5.41 Å². The van der Waals surface area contributed by atoms with Crippen molar-refractivity contribution >= 4 is 11.5 Å². The third-order valence-corrected chi connectivity index (χ3v) is 11.4. The highest BCUT2D eigenvalue weighted by Gasteiger charge is 2.57. The third kappa shape index (κ3) is 6.80. The minimum Gasteiger partial charge on any atom is -0.495 e. The Balaban J connectivity index is 1.33. The molecule has 3 aromatic rings. The van der Waals surface area contributed by atoms with Crippen LogP contribution in [0.1, 0.15) is 85.3 Å². The average Bonchev–Trinajstić information content (AvgIpc) is 3.33. The summed E-state index contributed by atoms with van der Waals surface area (Å²) in [6, 6.07) is 17.1. The number of hydrogen-bond acceptors (Lipinski definition) is 6. The highest BCUT2D eigenvalue weighted by atomic mass is 19.2. The van der Waals surface area contributed by atoms with E-state index in [1.165, 1.54) is 11.6 Å². The second kappa shape index (κ2) is 14.1. The fourth-order valence-corrected chi connectivity index (χ4v) is 8.40. The maximum atomic E-state index is 14.3. The van der Waals surface area contributed by atoms with Crippen LogP contribution in [0.25, 0.3) is 0 Å². The Morgan fingerprint density at radius 2 is 1.75 bits per heavy atom. The average molecular weight is 659 g/mol. The normalized spacial score (nSPS) is 26.9. The molecule has 3 aliphatic carbocycles. The molecule has 4 unspecified atom stereocenters. The monoisotopic (exact) mass is 658 g/mol. The summed E-state index contributed by atoms with van der Waals surface area (Å²) in [7, 11) is 1.69. The maximum absolute atomic E-state index is 14.3. The van der Waals surface area contributed by atoms with Crippen molar-refractivity contribution in [3.8, 4) is 5.75 Å². The van der Waals surface area contributed by atoms with Crippen molar-refractivity contribution < 1.29 is 28.5 Å². The van der Waals surface area contributed by atoms with Gasteiger partial charge in [0.2, 0.25) is 0 Å². The Labute approximate surface area is 283 Å². The minimum atomic E-state index is -1.07. The van der Waals surface area contributed by atoms with Gasteiger partial charge in [-0.1, -0.05) is 42.8 Å². The molecule has 7 rings (SSSR count). The SMILES string of the molecule is COc1ccccc1N1CCN(CC2(O)CCC3c4ccc(cc4C(=O)c4ccc(F)c(F)c4)CC(O)CCC(C)=CCCC32C)CC1. The predicted octanol–water partition coefficient (Wildman–Crippen LogP) is 7.07. The lowest BCUT2D eigenvalue weighted by atomic mass is 9.64. The van der Waals surface area contributed by atoms with Crippen LogP contribution in [0.5, 0.6) is 5.75 Å². The van der Waals surface area contributed by atoms with Crippen LogP contribution >= 0.6 is 0 Å². The van der Waals surface area contributed by atoms with Crippen molar-refractivity contribution in [3.63, 3.8) is 0 Å². The van der Waals surface area contributed by atoms with E-state index >= 15 is 0 Å². The predicted molar refractivity (Wildman–Crippen MR) is 185 cm³/mol. The van der Waals surface area contributed by atoms with Gasteiger partial charge in [0.05, 0.1) is 24.5 Å². The molecule has 1 saturated carbocycles. The van der Waals surface area contributed by atoms with E-state index in [2.05, 4.69) is 35.8 Å². The zero-order valence-electron chi connectivity index (χ0n) is 28.4. The highest BCUT2D eigenvalue weighted by Crippen LogP contribution is 2.59. The van der Waals surface area contributed by atoms with Gasteiger partial charge in [-0.3, -0.25) is 9.69 Å². The summed E-state index contributed by atoms with van der Waals surface area (Å²) in [6.07, 6.45) is 6.18. The molecule has 6 nitrogen and oxygen atoms in total. The zero-order valence-corrected chi connectivity index (χ0v) is 28.4. The third-order valence-electron chi connectivity index (χ3n) is 11.4. The number of allylic oxidation sites excluding steroid dienone is 2. The summed E-state index contributed by atoms with van der Waals surface area (Å²) in [4.78, 5) is 18.8. The van der Waals surface area contributed by atoms with Crippen LogP contribution in [-0.4, -0.2) is 72.4 Å². The van der Waals surface area contributed by atoms with E-state index in [1.54, 1.807) is 7.11 Å². The summed E-state index contributed by atoms with van der Waals surface area (Å²) >= 11 is 0. The Hall–Kier alpha value is -3.59. The van der Waals surface area contributed by atoms with Gasteiger partial charge in [0, 0.05) is 49.3 Å². The van der Waals surface area contributed by atoms with Crippen molar-refractivity contribution in [3.05, 3.63) is 106 Å². The highest BCUT2D eigenvalue weighted by molar-refractivity contribution is 6.10. The second-order valence-electron chi connectivity index (χ2n) is 14.3. The number of carbonyl (C=O) groups excluding carboxylic acids is 1. The van der Waals surface area contributed by atoms with Crippen LogP contribution in [0.15, 0.2) is 72.3 Å². The number of carbonyl (C=O) groups is 1. The summed E-state index contributed by atoms with van der Waals surface area (Å²) in [6.45, 7) is 8.05. The van der Waals surface area contributed by atoms with Crippen molar-refractivity contribution in [2.75, 3.05) is 44.7 Å². The zero-order chi connectivity index (χ0) is 34.1. The standard InChI is InChI=1S/C40H48F2N2O4/c1-27-7-6-17-39(2)33(16-18-40(39,47)26-43-19-21-44(22-20-43)36-8-4-5-9-37(36)48-3)31-14-11-28(23-30(45)13-10-27)24-32(31)38(46)29-12-15-34(41)35(42)25-29/h4-5,7-9,11-12,14-15,24-25,30,33,45,47H,6,10,13,16-23,26H2,1-3H3. The molecule has 2 bridgehead atoms. The molecule has 2 fully saturated rings. The molecule has 1 saturated heterocycles. The van der Waals surface area contributed by atoms with E-state index < -0.39 is 28.8 Å². The molecule has 8 heteroatoms. The number of piperazine rings is 1. The molecule has 4 atom stereocenters. The van der Waals surface area contributed by atoms with Gasteiger partial charge in [0.1, 0.15) is 5.75 Å². The van der Waals surface area contributed by atoms with Crippen LogP contribution in [0, 0.1) is 17.0 Å². The number of ketones is 1. The van der Waals surface area contributed by atoms with Crippen molar-refractivity contribution in [1.29, 1.82) is 0 Å². The first kappa shape index (κ1) is 34.3. The number of hydrogen-bond donors (Lipinski definition) is 2. The van der Waals surface area contributed by atoms with E-state index in [-0.39, 0.29) is 17.3 Å². The Morgan fingerprint density at radius 3 is 2.50 bits per heavy atom. The number of methoxy groups -OCH3 is 1. The second-order valence-corrected chi connectivity index (χ2v) is 14.3. The van der Waals surface area contributed by atoms with Crippen LogP contribution < -0.4 is 9.64 Å². The molecular formula is C40H48F2N2O4. The summed E-state index contributed by atoms with van der Waals surface area (Å²) in [5, 5.41) is 23.6. The lowest BCUT2D eigenvalue weighted by molar-refractivity contribution is -0.0841. The Bertz CT molecular complexity index is 1670. The smallest absolute Gasteiger partial charge is 0.193 e. The lowest BCUT2D eigenvalue weighted by Gasteiger charge is -2.47. The number of nitrogens with zero attached hydrogens (tertiary/aromatic N) is 2. The molecular weight excluding hydrogens is 610 g/mol. The maximum Gasteiger partial charge on any atom is 0.193 e. The molecule has 256 valence electrons. The van der Waals surface area contributed by atoms with E-state index in [1.807, 2.05) is 36.4 Å². The number of aliphatic hydroxyl groups is 2. The number of halogens is 2. The van der Waals surface area contributed by atoms with Gasteiger partial charge in [-0.05, 0) is 105 Å². The van der Waals surface area contributed by atoms with Crippen LogP contribution in [0.3, 0.4) is 0 Å². The number of aliphatic hydroxyl groups excluding tert-OH is 1. The van der Waals surface area contributed by atoms with E-state index in [9.17, 15) is 23.8 Å². The van der Waals surface area contributed by atoms with Gasteiger partial charge in [0.25, 0.3) is 0 Å². The molecule has 3 aromatic carbocycles. The number of para-hydroxylation sites is 2. The van der Waals surface area contributed by atoms with Gasteiger partial charge in [-0.2, -0.15) is 0 Å². The molecule has 0 spiro atoms. The Kier molecular flexibility index (Phi) is 10.1. The van der Waals surface area contributed by atoms with Gasteiger partial charge in [0.15, 0.2) is 17.4 Å². The largest absolute Gasteiger partial charge is 0.495 e. The van der Waals surface area contributed by atoms with Crippen LogP contribution in [0.4, 0.5) is 14.5 Å². The number of fused-ring (bicyclic) bond motifs is 8. The molecule has 0 amide bonds. The molecule has 1 heterocycles.